The fraction of sp³-hybridized carbons (Fsp3) is 0.0556. The lowest BCUT2D eigenvalue weighted by Crippen LogP contribution is -2.15. The van der Waals surface area contributed by atoms with E-state index in [1.165, 1.54) is 0 Å². The Morgan fingerprint density at radius 2 is 1.78 bits per heavy atom. The first-order valence-electron chi connectivity index (χ1n) is 7.10. The smallest absolute Gasteiger partial charge is 0.276 e. The maximum Gasteiger partial charge on any atom is 0.276 e. The van der Waals surface area contributed by atoms with Gasteiger partial charge in [-0.25, -0.2) is 0 Å². The van der Waals surface area contributed by atoms with E-state index in [2.05, 4.69) is 15.5 Å². The van der Waals surface area contributed by atoms with Crippen molar-refractivity contribution in [2.45, 2.75) is 6.92 Å². The SMILES string of the molecule is Cc1ccc(Cl)cc1NC(=O)c1ccc(-c2ccccc2)nn1. The van der Waals surface area contributed by atoms with Crippen LogP contribution in [0.3, 0.4) is 0 Å². The first kappa shape index (κ1) is 15.2. The summed E-state index contributed by atoms with van der Waals surface area (Å²) >= 11 is 5.96. The summed E-state index contributed by atoms with van der Waals surface area (Å²) in [5, 5.41) is 11.5. The number of halogens is 1. The second-order valence-corrected chi connectivity index (χ2v) is 5.52. The lowest BCUT2D eigenvalue weighted by atomic mass is 10.1. The Morgan fingerprint density at radius 3 is 2.48 bits per heavy atom. The molecule has 1 N–H and O–H groups in total. The predicted octanol–water partition coefficient (Wildman–Crippen LogP) is 4.36. The van der Waals surface area contributed by atoms with E-state index < -0.39 is 0 Å². The van der Waals surface area contributed by atoms with Gasteiger partial charge in [0.1, 0.15) is 0 Å². The number of nitrogens with zero attached hydrogens (tertiary/aromatic N) is 2. The van der Waals surface area contributed by atoms with Crippen LogP contribution in [0.4, 0.5) is 5.69 Å². The third kappa shape index (κ3) is 3.55. The second kappa shape index (κ2) is 6.58. The fourth-order valence-electron chi connectivity index (χ4n) is 2.13. The Hall–Kier alpha value is -2.72. The van der Waals surface area contributed by atoms with Crippen LogP contribution in [0.15, 0.2) is 60.7 Å². The molecule has 5 heteroatoms. The number of amides is 1. The quantitative estimate of drug-likeness (QED) is 0.779. The largest absolute Gasteiger partial charge is 0.320 e. The zero-order chi connectivity index (χ0) is 16.2. The van der Waals surface area contributed by atoms with E-state index in [4.69, 9.17) is 11.6 Å². The molecule has 0 fully saturated rings. The van der Waals surface area contributed by atoms with Crippen molar-refractivity contribution in [1.82, 2.24) is 10.2 Å². The van der Waals surface area contributed by atoms with Crippen LogP contribution in [0.25, 0.3) is 11.3 Å². The van der Waals surface area contributed by atoms with Crippen LogP contribution in [0.5, 0.6) is 0 Å². The highest BCUT2D eigenvalue weighted by Crippen LogP contribution is 2.21. The summed E-state index contributed by atoms with van der Waals surface area (Å²) in [6.07, 6.45) is 0. The molecule has 0 atom stereocenters. The molecule has 0 radical (unpaired) electrons. The van der Waals surface area contributed by atoms with Gasteiger partial charge < -0.3 is 5.32 Å². The van der Waals surface area contributed by atoms with E-state index in [0.29, 0.717) is 10.7 Å². The average Bonchev–Trinajstić information content (AvgIpc) is 2.59. The van der Waals surface area contributed by atoms with E-state index in [1.807, 2.05) is 43.3 Å². The van der Waals surface area contributed by atoms with Gasteiger partial charge in [-0.1, -0.05) is 48.0 Å². The molecule has 0 bridgehead atoms. The summed E-state index contributed by atoms with van der Waals surface area (Å²) in [7, 11) is 0. The lowest BCUT2D eigenvalue weighted by Gasteiger charge is -2.08. The van der Waals surface area contributed by atoms with Crippen molar-refractivity contribution in [3.63, 3.8) is 0 Å². The second-order valence-electron chi connectivity index (χ2n) is 5.08. The molecule has 0 aliphatic carbocycles. The van der Waals surface area contributed by atoms with Crippen LogP contribution in [0.1, 0.15) is 16.1 Å². The van der Waals surface area contributed by atoms with Gasteiger partial charge in [0.15, 0.2) is 5.69 Å². The zero-order valence-corrected chi connectivity index (χ0v) is 13.2. The highest BCUT2D eigenvalue weighted by Gasteiger charge is 2.11. The van der Waals surface area contributed by atoms with Crippen molar-refractivity contribution in [2.75, 3.05) is 5.32 Å². The molecule has 0 unspecified atom stereocenters. The van der Waals surface area contributed by atoms with Crippen LogP contribution >= 0.6 is 11.6 Å². The number of nitrogens with one attached hydrogen (secondary N) is 1. The number of hydrogen-bond donors (Lipinski definition) is 1. The minimum Gasteiger partial charge on any atom is -0.320 e. The van der Waals surface area contributed by atoms with Crippen molar-refractivity contribution in [1.29, 1.82) is 0 Å². The summed E-state index contributed by atoms with van der Waals surface area (Å²) < 4.78 is 0. The molecule has 0 aliphatic rings. The summed E-state index contributed by atoms with van der Waals surface area (Å²) in [4.78, 5) is 12.3. The Labute approximate surface area is 139 Å². The molecule has 3 rings (SSSR count). The van der Waals surface area contributed by atoms with Crippen molar-refractivity contribution >= 4 is 23.2 Å². The molecule has 1 amide bonds. The summed E-state index contributed by atoms with van der Waals surface area (Å²) in [5.74, 6) is -0.317. The van der Waals surface area contributed by atoms with Gasteiger partial charge in [-0.3, -0.25) is 4.79 Å². The van der Waals surface area contributed by atoms with E-state index >= 15 is 0 Å². The number of anilines is 1. The summed E-state index contributed by atoms with van der Waals surface area (Å²) in [5.41, 5.74) is 3.52. The summed E-state index contributed by atoms with van der Waals surface area (Å²) in [6, 6.07) is 18.5. The van der Waals surface area contributed by atoms with Crippen LogP contribution in [-0.4, -0.2) is 16.1 Å². The van der Waals surface area contributed by atoms with E-state index in [9.17, 15) is 4.79 Å². The standard InChI is InChI=1S/C18H14ClN3O/c1-12-7-8-14(19)11-17(12)20-18(23)16-10-9-15(21-22-16)13-5-3-2-4-6-13/h2-11H,1H3,(H,20,23). The number of benzene rings is 2. The van der Waals surface area contributed by atoms with Gasteiger partial charge in [0, 0.05) is 16.3 Å². The average molecular weight is 324 g/mol. The predicted molar refractivity (Wildman–Crippen MR) is 91.6 cm³/mol. The van der Waals surface area contributed by atoms with Gasteiger partial charge in [-0.15, -0.1) is 10.2 Å². The number of carbonyl (C=O) groups is 1. The first-order chi connectivity index (χ1) is 11.1. The molecule has 1 heterocycles. The van der Waals surface area contributed by atoms with Crippen molar-refractivity contribution in [3.05, 3.63) is 76.9 Å². The molecular weight excluding hydrogens is 310 g/mol. The molecule has 0 aliphatic heterocycles. The number of rotatable bonds is 3. The maximum atomic E-state index is 12.3. The van der Waals surface area contributed by atoms with Crippen LogP contribution in [0.2, 0.25) is 5.02 Å². The Bertz CT molecular complexity index is 833. The number of hydrogen-bond acceptors (Lipinski definition) is 3. The van der Waals surface area contributed by atoms with Crippen molar-refractivity contribution < 1.29 is 4.79 Å². The Morgan fingerprint density at radius 1 is 1.00 bits per heavy atom. The first-order valence-corrected chi connectivity index (χ1v) is 7.48. The van der Waals surface area contributed by atoms with Crippen LogP contribution in [0, 0.1) is 6.92 Å². The third-order valence-corrected chi connectivity index (χ3v) is 3.65. The molecule has 1 aromatic heterocycles. The van der Waals surface area contributed by atoms with Gasteiger partial charge in [-0.05, 0) is 36.8 Å². The van der Waals surface area contributed by atoms with E-state index in [1.54, 1.807) is 24.3 Å². The van der Waals surface area contributed by atoms with Crippen LogP contribution < -0.4 is 5.32 Å². The monoisotopic (exact) mass is 323 g/mol. The molecule has 3 aromatic rings. The number of aromatic nitrogens is 2. The highest BCUT2D eigenvalue weighted by molar-refractivity contribution is 6.31. The van der Waals surface area contributed by atoms with Gasteiger partial charge in [0.2, 0.25) is 0 Å². The van der Waals surface area contributed by atoms with Crippen molar-refractivity contribution in [2.24, 2.45) is 0 Å². The molecule has 0 saturated heterocycles. The Kier molecular flexibility index (Phi) is 4.35. The minimum absolute atomic E-state index is 0.254. The van der Waals surface area contributed by atoms with Crippen LogP contribution in [-0.2, 0) is 0 Å². The third-order valence-electron chi connectivity index (χ3n) is 3.41. The Balaban J connectivity index is 1.79. The van der Waals surface area contributed by atoms with Crippen molar-refractivity contribution in [3.8, 4) is 11.3 Å². The molecule has 0 spiro atoms. The molecule has 4 nitrogen and oxygen atoms in total. The molecule has 23 heavy (non-hydrogen) atoms. The van der Waals surface area contributed by atoms with Gasteiger partial charge in [0.05, 0.1) is 5.69 Å². The molecular formula is C18H14ClN3O. The maximum absolute atomic E-state index is 12.3. The fourth-order valence-corrected chi connectivity index (χ4v) is 2.30. The minimum atomic E-state index is -0.317. The number of aryl methyl sites for hydroxylation is 1. The summed E-state index contributed by atoms with van der Waals surface area (Å²) in [6.45, 7) is 1.90. The van der Waals surface area contributed by atoms with E-state index in [-0.39, 0.29) is 11.6 Å². The number of carbonyl (C=O) groups excluding carboxylic acids is 1. The highest BCUT2D eigenvalue weighted by atomic mass is 35.5. The topological polar surface area (TPSA) is 54.9 Å². The van der Waals surface area contributed by atoms with Gasteiger partial charge in [-0.2, -0.15) is 0 Å². The normalized spacial score (nSPS) is 10.3. The molecule has 2 aromatic carbocycles. The molecule has 114 valence electrons. The lowest BCUT2D eigenvalue weighted by molar-refractivity contribution is 0.102. The zero-order valence-electron chi connectivity index (χ0n) is 12.5. The van der Waals surface area contributed by atoms with E-state index in [0.717, 1.165) is 16.8 Å². The van der Waals surface area contributed by atoms with Gasteiger partial charge >= 0.3 is 0 Å². The molecule has 0 saturated carbocycles. The van der Waals surface area contributed by atoms with Gasteiger partial charge in [0.25, 0.3) is 5.91 Å².